The van der Waals surface area contributed by atoms with Crippen LogP contribution in [0.15, 0.2) is 72.9 Å². The molecule has 1 saturated heterocycles. The summed E-state index contributed by atoms with van der Waals surface area (Å²) >= 11 is 0. The highest BCUT2D eigenvalue weighted by Gasteiger charge is 2.21. The summed E-state index contributed by atoms with van der Waals surface area (Å²) in [4.78, 5) is 31.8. The van der Waals surface area contributed by atoms with Gasteiger partial charge in [0.2, 0.25) is 11.8 Å². The molecule has 2 aromatic carbocycles. The third kappa shape index (κ3) is 7.95. The molecule has 0 atom stereocenters. The van der Waals surface area contributed by atoms with Gasteiger partial charge in [-0.25, -0.2) is 4.98 Å². The van der Waals surface area contributed by atoms with Crippen molar-refractivity contribution in [3.05, 3.63) is 89.6 Å². The van der Waals surface area contributed by atoms with Gasteiger partial charge in [0.25, 0.3) is 0 Å². The van der Waals surface area contributed by atoms with Gasteiger partial charge in [0.05, 0.1) is 36.5 Å². The van der Waals surface area contributed by atoms with Gasteiger partial charge < -0.3 is 20.9 Å². The molecule has 35 heavy (non-hydrogen) atoms. The summed E-state index contributed by atoms with van der Waals surface area (Å²) in [5, 5.41) is 11.3. The van der Waals surface area contributed by atoms with Crippen LogP contribution in [0.2, 0.25) is 0 Å². The number of piperazine rings is 1. The maximum Gasteiger partial charge on any atom is 0.241 e. The molecule has 8 heteroatoms. The number of benzene rings is 2. The van der Waals surface area contributed by atoms with Gasteiger partial charge in [-0.05, 0) is 48.4 Å². The summed E-state index contributed by atoms with van der Waals surface area (Å²) in [6, 6.07) is 22.8. The summed E-state index contributed by atoms with van der Waals surface area (Å²) in [5.41, 5.74) is 9.10. The van der Waals surface area contributed by atoms with E-state index >= 15 is 0 Å². The second-order valence-electron chi connectivity index (χ2n) is 8.20. The van der Waals surface area contributed by atoms with E-state index in [4.69, 9.17) is 11.0 Å². The van der Waals surface area contributed by atoms with Crippen LogP contribution in [0.25, 0.3) is 0 Å². The van der Waals surface area contributed by atoms with Gasteiger partial charge in [0.1, 0.15) is 5.82 Å². The number of pyridine rings is 1. The van der Waals surface area contributed by atoms with Crippen molar-refractivity contribution in [2.24, 2.45) is 5.73 Å². The van der Waals surface area contributed by atoms with Gasteiger partial charge in [0, 0.05) is 20.1 Å². The van der Waals surface area contributed by atoms with Crippen molar-refractivity contribution in [3.8, 4) is 6.07 Å². The summed E-state index contributed by atoms with van der Waals surface area (Å²) in [5.74, 6) is 0.512. The second kappa shape index (κ2) is 12.9. The van der Waals surface area contributed by atoms with Gasteiger partial charge in [-0.3, -0.25) is 9.59 Å². The summed E-state index contributed by atoms with van der Waals surface area (Å²) in [7, 11) is 1.81. The number of nitriles is 1. The Bertz CT molecular complexity index is 1140. The highest BCUT2D eigenvalue weighted by atomic mass is 16.2. The molecule has 8 nitrogen and oxygen atoms in total. The maximum absolute atomic E-state index is 12.0. The third-order valence-corrected chi connectivity index (χ3v) is 5.56. The van der Waals surface area contributed by atoms with Crippen molar-refractivity contribution < 1.29 is 9.59 Å². The number of aromatic nitrogens is 1. The predicted molar refractivity (Wildman–Crippen MR) is 137 cm³/mol. The lowest BCUT2D eigenvalue weighted by atomic mass is 10.1. The van der Waals surface area contributed by atoms with E-state index in [-0.39, 0.29) is 11.8 Å². The zero-order valence-corrected chi connectivity index (χ0v) is 19.9. The Morgan fingerprint density at radius 2 is 1.80 bits per heavy atom. The topological polar surface area (TPSA) is 115 Å². The molecule has 1 aromatic heterocycles. The van der Waals surface area contributed by atoms with E-state index < -0.39 is 0 Å². The molecule has 3 N–H and O–H groups in total. The molecule has 0 aliphatic carbocycles. The van der Waals surface area contributed by atoms with Crippen LogP contribution in [0.5, 0.6) is 0 Å². The molecule has 180 valence electrons. The largest absolute Gasteiger partial charge is 0.359 e. The summed E-state index contributed by atoms with van der Waals surface area (Å²) < 4.78 is 0. The first-order chi connectivity index (χ1) is 17.0. The smallest absolute Gasteiger partial charge is 0.241 e. The molecule has 0 radical (unpaired) electrons. The molecule has 1 fully saturated rings. The fourth-order valence-corrected chi connectivity index (χ4v) is 3.51. The number of amides is 2. The van der Waals surface area contributed by atoms with E-state index in [1.54, 1.807) is 17.2 Å². The lowest BCUT2D eigenvalue weighted by Crippen LogP contribution is -2.48. The maximum atomic E-state index is 12.0. The van der Waals surface area contributed by atoms with Gasteiger partial charge in [-0.2, -0.15) is 5.26 Å². The van der Waals surface area contributed by atoms with E-state index in [1.165, 1.54) is 5.56 Å². The number of carbonyl (C=O) groups is 2. The van der Waals surface area contributed by atoms with Crippen molar-refractivity contribution in [2.45, 2.75) is 12.8 Å². The Kier molecular flexibility index (Phi) is 9.34. The highest BCUT2D eigenvalue weighted by Crippen LogP contribution is 2.17. The fraction of sp³-hybridized carbons (Fsp3) is 0.259. The van der Waals surface area contributed by atoms with Gasteiger partial charge in [-0.15, -0.1) is 0 Å². The molecular formula is C27H30N6O2. The van der Waals surface area contributed by atoms with Crippen LogP contribution in [-0.2, 0) is 22.4 Å². The SMILES string of the molecule is CN1CCN(c2ccc(NC(=O)Cc3ccccc3)nc2)CC1=O.N#Cc1ccc(CCN)cc1. The number of carbonyl (C=O) groups excluding carboxylic acids is 2. The Morgan fingerprint density at radius 3 is 2.40 bits per heavy atom. The Balaban J connectivity index is 0.000000261. The molecule has 0 saturated carbocycles. The Morgan fingerprint density at radius 1 is 1.06 bits per heavy atom. The van der Waals surface area contributed by atoms with Crippen molar-refractivity contribution in [1.29, 1.82) is 5.26 Å². The number of nitrogens with zero attached hydrogens (tertiary/aromatic N) is 4. The fourth-order valence-electron chi connectivity index (χ4n) is 3.51. The van der Waals surface area contributed by atoms with Crippen molar-refractivity contribution in [2.75, 3.05) is 43.4 Å². The van der Waals surface area contributed by atoms with Crippen molar-refractivity contribution >= 4 is 23.3 Å². The van der Waals surface area contributed by atoms with E-state index in [1.807, 2.05) is 72.6 Å². The number of hydrogen-bond donors (Lipinski definition) is 2. The normalized spacial score (nSPS) is 12.9. The summed E-state index contributed by atoms with van der Waals surface area (Å²) in [6.07, 6.45) is 2.89. The first-order valence-electron chi connectivity index (χ1n) is 11.5. The third-order valence-electron chi connectivity index (χ3n) is 5.56. The molecule has 2 amide bonds. The number of nitrogens with two attached hydrogens (primary N) is 1. The number of hydrogen-bond acceptors (Lipinski definition) is 6. The molecule has 0 unspecified atom stereocenters. The van der Waals surface area contributed by atoms with E-state index in [0.29, 0.717) is 37.4 Å². The highest BCUT2D eigenvalue weighted by molar-refractivity contribution is 5.91. The number of nitrogens with one attached hydrogen (secondary N) is 1. The lowest BCUT2D eigenvalue weighted by Gasteiger charge is -2.33. The van der Waals surface area contributed by atoms with Crippen LogP contribution in [0.3, 0.4) is 0 Å². The minimum Gasteiger partial charge on any atom is -0.359 e. The molecule has 0 spiro atoms. The van der Waals surface area contributed by atoms with Gasteiger partial charge >= 0.3 is 0 Å². The van der Waals surface area contributed by atoms with E-state index in [0.717, 1.165) is 24.2 Å². The molecular weight excluding hydrogens is 440 g/mol. The van der Waals surface area contributed by atoms with Crippen LogP contribution in [0.4, 0.5) is 11.5 Å². The molecule has 1 aliphatic heterocycles. The minimum atomic E-state index is -0.101. The van der Waals surface area contributed by atoms with Crippen LogP contribution >= 0.6 is 0 Å². The summed E-state index contributed by atoms with van der Waals surface area (Å²) in [6.45, 7) is 2.50. The number of anilines is 2. The van der Waals surface area contributed by atoms with Crippen LogP contribution in [0, 0.1) is 11.3 Å². The average Bonchev–Trinajstić information content (AvgIpc) is 2.88. The predicted octanol–water partition coefficient (Wildman–Crippen LogP) is 2.60. The molecule has 1 aliphatic rings. The van der Waals surface area contributed by atoms with Crippen molar-refractivity contribution in [1.82, 2.24) is 9.88 Å². The molecule has 2 heterocycles. The standard InChI is InChI=1S/C18H20N4O2.C9H10N2/c1-21-9-10-22(13-18(21)24)15-7-8-16(19-12-15)20-17(23)11-14-5-3-2-4-6-14;10-6-5-8-1-3-9(7-11)4-2-8/h2-8,12H,9-11,13H2,1H3,(H,19,20,23);1-4H,5-6,10H2. The Hall–Kier alpha value is -4.22. The first kappa shape index (κ1) is 25.4. The van der Waals surface area contributed by atoms with Crippen LogP contribution in [0.1, 0.15) is 16.7 Å². The second-order valence-corrected chi connectivity index (χ2v) is 8.20. The first-order valence-corrected chi connectivity index (χ1v) is 11.5. The number of rotatable bonds is 6. The average molecular weight is 471 g/mol. The molecule has 4 rings (SSSR count). The molecule has 0 bridgehead atoms. The monoisotopic (exact) mass is 470 g/mol. The van der Waals surface area contributed by atoms with E-state index in [9.17, 15) is 9.59 Å². The zero-order chi connectivity index (χ0) is 25.0. The van der Waals surface area contributed by atoms with Crippen LogP contribution in [-0.4, -0.2) is 54.9 Å². The van der Waals surface area contributed by atoms with Gasteiger partial charge in [0.15, 0.2) is 0 Å². The van der Waals surface area contributed by atoms with E-state index in [2.05, 4.69) is 16.4 Å². The van der Waals surface area contributed by atoms with Crippen LogP contribution < -0.4 is 16.0 Å². The minimum absolute atomic E-state index is 0.0986. The Labute approximate surface area is 206 Å². The van der Waals surface area contributed by atoms with Gasteiger partial charge in [-0.1, -0.05) is 42.5 Å². The van der Waals surface area contributed by atoms with Crippen molar-refractivity contribution in [3.63, 3.8) is 0 Å². The molecule has 3 aromatic rings. The quantitative estimate of drug-likeness (QED) is 0.572. The zero-order valence-electron chi connectivity index (χ0n) is 19.9. The number of likely N-dealkylation sites (N-methyl/N-ethyl adjacent to an activating group) is 1. The lowest BCUT2D eigenvalue weighted by molar-refractivity contribution is -0.129.